The van der Waals surface area contributed by atoms with Crippen molar-refractivity contribution in [2.24, 2.45) is 9.98 Å². The van der Waals surface area contributed by atoms with Gasteiger partial charge in [-0.15, -0.1) is 0 Å². The third-order valence-electron chi connectivity index (χ3n) is 9.97. The summed E-state index contributed by atoms with van der Waals surface area (Å²) in [6.07, 6.45) is 2.99. The summed E-state index contributed by atoms with van der Waals surface area (Å²) in [6.45, 7) is 7.93. The number of fused-ring (bicyclic) bond motifs is 12. The molecule has 0 saturated carbocycles. The number of aromatic nitrogens is 2. The Morgan fingerprint density at radius 2 is 1.06 bits per heavy atom. The summed E-state index contributed by atoms with van der Waals surface area (Å²) >= 11 is 0. The van der Waals surface area contributed by atoms with Crippen molar-refractivity contribution in [2.75, 3.05) is 0 Å². The molecule has 0 atom stereocenters. The van der Waals surface area contributed by atoms with Crippen molar-refractivity contribution < 1.29 is 0 Å². The number of rotatable bonds is 6. The van der Waals surface area contributed by atoms with Crippen LogP contribution in [0.3, 0.4) is 0 Å². The molecule has 4 nitrogen and oxygen atoms in total. The van der Waals surface area contributed by atoms with Crippen LogP contribution in [0.2, 0.25) is 0 Å². The molecule has 50 heavy (non-hydrogen) atoms. The molecule has 0 bridgehead atoms. The third kappa shape index (κ3) is 4.61. The quantitative estimate of drug-likeness (QED) is 0.162. The standard InChI is InChI=1S/C30H19N3.C16H15N/c1-31-17-32-25-11-4-3-8-24(25)28-19-13-14-23-21-10-6-9-20-18-7-2-5-12-26(18)33(29(20)21)30(23)22(19)15-16-27(28)32;1-17-16(15-10-6-3-7-11-15)13-12-14-8-4-2-5-9-14/h2-16H,1,17H2;2-11,13H,1,12H2/b;16-13-. The summed E-state index contributed by atoms with van der Waals surface area (Å²) in [7, 11) is 0. The van der Waals surface area contributed by atoms with Crippen LogP contribution in [0.1, 0.15) is 11.1 Å². The van der Waals surface area contributed by atoms with Crippen LogP contribution in [-0.2, 0) is 13.1 Å². The summed E-state index contributed by atoms with van der Waals surface area (Å²) in [5.41, 5.74) is 9.61. The van der Waals surface area contributed by atoms with Crippen LogP contribution in [0.25, 0.3) is 76.4 Å². The first-order valence-electron chi connectivity index (χ1n) is 16.9. The predicted octanol–water partition coefficient (Wildman–Crippen LogP) is 11.7. The monoisotopic (exact) mass is 642 g/mol. The molecule has 0 saturated heterocycles. The third-order valence-corrected chi connectivity index (χ3v) is 9.97. The molecule has 10 aromatic rings. The van der Waals surface area contributed by atoms with Gasteiger partial charge in [0.1, 0.15) is 6.67 Å². The fourth-order valence-corrected chi connectivity index (χ4v) is 7.83. The molecule has 3 heterocycles. The molecule has 0 radical (unpaired) electrons. The van der Waals surface area contributed by atoms with Gasteiger partial charge < -0.3 is 8.97 Å². The molecule has 0 aliphatic heterocycles. The molecule has 0 aliphatic carbocycles. The minimum atomic E-state index is 0.550. The Labute approximate surface area is 289 Å². The predicted molar refractivity (Wildman–Crippen MR) is 215 cm³/mol. The highest BCUT2D eigenvalue weighted by Crippen LogP contribution is 2.43. The van der Waals surface area contributed by atoms with E-state index < -0.39 is 0 Å². The van der Waals surface area contributed by atoms with Crippen LogP contribution in [-0.4, -0.2) is 22.4 Å². The Kier molecular flexibility index (Phi) is 7.21. The number of allylic oxidation sites excluding steroid dienone is 1. The van der Waals surface area contributed by atoms with Gasteiger partial charge in [0, 0.05) is 37.7 Å². The summed E-state index contributed by atoms with van der Waals surface area (Å²) in [5, 5.41) is 10.4. The van der Waals surface area contributed by atoms with Gasteiger partial charge in [0.2, 0.25) is 0 Å². The fourth-order valence-electron chi connectivity index (χ4n) is 7.83. The van der Waals surface area contributed by atoms with Crippen molar-refractivity contribution in [2.45, 2.75) is 13.1 Å². The number of para-hydroxylation sites is 3. The van der Waals surface area contributed by atoms with Crippen LogP contribution in [0.15, 0.2) is 168 Å². The minimum Gasteiger partial charge on any atom is -0.320 e. The smallest absolute Gasteiger partial charge is 0.114 e. The van der Waals surface area contributed by atoms with Gasteiger partial charge >= 0.3 is 0 Å². The van der Waals surface area contributed by atoms with E-state index in [-0.39, 0.29) is 0 Å². The molecule has 0 unspecified atom stereocenters. The topological polar surface area (TPSA) is 34.1 Å². The van der Waals surface area contributed by atoms with Crippen molar-refractivity contribution in [1.29, 1.82) is 0 Å². The van der Waals surface area contributed by atoms with Crippen LogP contribution in [0.4, 0.5) is 0 Å². The molecule has 10 rings (SSSR count). The normalized spacial score (nSPS) is 12.0. The summed E-state index contributed by atoms with van der Waals surface area (Å²) < 4.78 is 4.75. The lowest BCUT2D eigenvalue weighted by atomic mass is 10.0. The Bertz CT molecular complexity index is 2890. The van der Waals surface area contributed by atoms with E-state index in [1.807, 2.05) is 48.5 Å². The van der Waals surface area contributed by atoms with Gasteiger partial charge in [0.05, 0.1) is 33.3 Å². The molecular weight excluding hydrogens is 609 g/mol. The Morgan fingerprint density at radius 3 is 1.80 bits per heavy atom. The second kappa shape index (κ2) is 12.2. The maximum atomic E-state index is 4.21. The highest BCUT2D eigenvalue weighted by Gasteiger charge is 2.20. The zero-order valence-corrected chi connectivity index (χ0v) is 27.6. The van der Waals surface area contributed by atoms with Crippen LogP contribution in [0, 0.1) is 0 Å². The molecule has 7 aromatic carbocycles. The molecule has 0 spiro atoms. The largest absolute Gasteiger partial charge is 0.320 e. The van der Waals surface area contributed by atoms with E-state index in [2.05, 4.69) is 142 Å². The highest BCUT2D eigenvalue weighted by atomic mass is 15.1. The van der Waals surface area contributed by atoms with Crippen molar-refractivity contribution in [1.82, 2.24) is 8.97 Å². The first kappa shape index (κ1) is 29.6. The first-order chi connectivity index (χ1) is 24.8. The number of nitrogens with zero attached hydrogens (tertiary/aromatic N) is 4. The van der Waals surface area contributed by atoms with Crippen molar-refractivity contribution in [3.05, 3.63) is 169 Å². The first-order valence-corrected chi connectivity index (χ1v) is 16.9. The van der Waals surface area contributed by atoms with Gasteiger partial charge in [-0.1, -0.05) is 140 Å². The number of hydrogen-bond acceptors (Lipinski definition) is 2. The SMILES string of the molecule is C=N/C(=C\Cc1ccccc1)c1ccccc1.C=NCn1c2ccccc2c2c3ccc4c5cccc6c7ccccc7n(c4c3ccc21)c65. The number of benzene rings is 7. The van der Waals surface area contributed by atoms with Gasteiger partial charge in [-0.05, 0) is 54.6 Å². The number of aliphatic imine (C=N–C) groups is 2. The maximum absolute atomic E-state index is 4.21. The Balaban J connectivity index is 0.000000168. The van der Waals surface area contributed by atoms with E-state index in [4.69, 9.17) is 0 Å². The highest BCUT2D eigenvalue weighted by molar-refractivity contribution is 6.31. The van der Waals surface area contributed by atoms with Crippen molar-refractivity contribution in [3.8, 4) is 0 Å². The van der Waals surface area contributed by atoms with Crippen LogP contribution in [0.5, 0.6) is 0 Å². The maximum Gasteiger partial charge on any atom is 0.114 e. The summed E-state index contributed by atoms with van der Waals surface area (Å²) in [5.74, 6) is 0. The molecule has 0 amide bonds. The minimum absolute atomic E-state index is 0.550. The lowest BCUT2D eigenvalue weighted by Crippen LogP contribution is -1.94. The van der Waals surface area contributed by atoms with E-state index in [1.165, 1.54) is 76.2 Å². The van der Waals surface area contributed by atoms with E-state index in [0.717, 1.165) is 17.7 Å². The van der Waals surface area contributed by atoms with Crippen LogP contribution < -0.4 is 0 Å². The second-order valence-electron chi connectivity index (χ2n) is 12.7. The van der Waals surface area contributed by atoms with Gasteiger partial charge in [-0.25, -0.2) is 0 Å². The molecule has 238 valence electrons. The average Bonchev–Trinajstić information content (AvgIpc) is 3.82. The summed E-state index contributed by atoms with van der Waals surface area (Å²) in [4.78, 5) is 8.29. The van der Waals surface area contributed by atoms with E-state index in [0.29, 0.717) is 6.67 Å². The second-order valence-corrected chi connectivity index (χ2v) is 12.7. The van der Waals surface area contributed by atoms with Gasteiger partial charge in [0.25, 0.3) is 0 Å². The van der Waals surface area contributed by atoms with Crippen molar-refractivity contribution in [3.63, 3.8) is 0 Å². The number of hydrogen-bond donors (Lipinski definition) is 0. The molecule has 4 heteroatoms. The lowest BCUT2D eigenvalue weighted by molar-refractivity contribution is 0.799. The zero-order valence-electron chi connectivity index (χ0n) is 27.6. The molecule has 0 aliphatic rings. The molecule has 3 aromatic heterocycles. The molecule has 0 fully saturated rings. The van der Waals surface area contributed by atoms with E-state index in [1.54, 1.807) is 0 Å². The van der Waals surface area contributed by atoms with Gasteiger partial charge in [-0.3, -0.25) is 9.98 Å². The zero-order chi connectivity index (χ0) is 33.6. The Hall–Kier alpha value is -6.52. The van der Waals surface area contributed by atoms with Crippen LogP contribution >= 0.6 is 0 Å². The van der Waals surface area contributed by atoms with Gasteiger partial charge in [-0.2, -0.15) is 0 Å². The van der Waals surface area contributed by atoms with Crippen molar-refractivity contribution >= 4 is 89.8 Å². The average molecular weight is 643 g/mol. The molecular formula is C46H34N4. The van der Waals surface area contributed by atoms with Gasteiger partial charge in [0.15, 0.2) is 0 Å². The van der Waals surface area contributed by atoms with E-state index >= 15 is 0 Å². The fraction of sp³-hybridized carbons (Fsp3) is 0.0435. The lowest BCUT2D eigenvalue weighted by Gasteiger charge is -2.07. The Morgan fingerprint density at radius 1 is 0.500 bits per heavy atom. The molecule has 0 N–H and O–H groups in total. The summed E-state index contributed by atoms with van der Waals surface area (Å²) in [6, 6.07) is 53.7. The van der Waals surface area contributed by atoms with E-state index in [9.17, 15) is 0 Å².